The molecule has 0 aromatic carbocycles. The molecular weight excluding hydrogens is 144 g/mol. The fourth-order valence-corrected chi connectivity index (χ4v) is 2.01. The molecule has 1 N–H and O–H groups in total. The van der Waals surface area contributed by atoms with E-state index in [9.17, 15) is 0 Å². The molecule has 0 radical (unpaired) electrons. The third kappa shape index (κ3) is 4.18. The van der Waals surface area contributed by atoms with Crippen molar-refractivity contribution in [2.75, 3.05) is 12.4 Å². The largest absolute Gasteiger partial charge is 0.396 e. The van der Waals surface area contributed by atoms with E-state index in [2.05, 4.69) is 20.8 Å². The molecule has 0 amide bonds. The van der Waals surface area contributed by atoms with Crippen LogP contribution in [0.15, 0.2) is 0 Å². The molecule has 2 heteroatoms. The highest BCUT2D eigenvalue weighted by atomic mass is 32.2. The first-order valence-electron chi connectivity index (χ1n) is 3.94. The summed E-state index contributed by atoms with van der Waals surface area (Å²) in [4.78, 5) is 0. The Morgan fingerprint density at radius 2 is 2.00 bits per heavy atom. The van der Waals surface area contributed by atoms with Crippen LogP contribution in [0.1, 0.15) is 27.2 Å². The lowest BCUT2D eigenvalue weighted by atomic mass is 10.1. The first kappa shape index (κ1) is 10.3. The van der Waals surface area contributed by atoms with Crippen LogP contribution in [0.2, 0.25) is 0 Å². The number of aliphatic hydroxyl groups excluding tert-OH is 1. The summed E-state index contributed by atoms with van der Waals surface area (Å²) in [6, 6.07) is 0. The van der Waals surface area contributed by atoms with E-state index in [0.29, 0.717) is 6.61 Å². The molecule has 0 aromatic heterocycles. The van der Waals surface area contributed by atoms with Crippen molar-refractivity contribution < 1.29 is 5.11 Å². The molecule has 10 heavy (non-hydrogen) atoms. The maximum Gasteiger partial charge on any atom is 0.0521 e. The molecule has 0 spiro atoms. The highest BCUT2D eigenvalue weighted by Crippen LogP contribution is 2.21. The van der Waals surface area contributed by atoms with Crippen molar-refractivity contribution in [3.63, 3.8) is 0 Å². The van der Waals surface area contributed by atoms with Crippen LogP contribution in [-0.4, -0.2) is 22.7 Å². The molecule has 0 aliphatic carbocycles. The second-order valence-corrected chi connectivity index (χ2v) is 4.13. The fraction of sp³-hybridized carbons (Fsp3) is 1.00. The van der Waals surface area contributed by atoms with Gasteiger partial charge in [-0.1, -0.05) is 20.8 Å². The minimum atomic E-state index is 0.313. The Morgan fingerprint density at radius 1 is 1.40 bits per heavy atom. The molecule has 0 bridgehead atoms. The summed E-state index contributed by atoms with van der Waals surface area (Å²) in [6.07, 6.45) is 1.21. The molecule has 0 aromatic rings. The zero-order chi connectivity index (χ0) is 7.98. The van der Waals surface area contributed by atoms with Crippen LogP contribution in [0.3, 0.4) is 0 Å². The van der Waals surface area contributed by atoms with Gasteiger partial charge >= 0.3 is 0 Å². The molecular formula is C8H18OS. The number of hydrogen-bond acceptors (Lipinski definition) is 2. The molecule has 62 valence electrons. The highest BCUT2D eigenvalue weighted by Gasteiger charge is 2.09. The van der Waals surface area contributed by atoms with Crippen LogP contribution in [0.4, 0.5) is 0 Å². The van der Waals surface area contributed by atoms with Crippen LogP contribution in [0, 0.1) is 5.92 Å². The predicted octanol–water partition coefficient (Wildman–Crippen LogP) is 2.15. The molecule has 0 aliphatic rings. The predicted molar refractivity (Wildman–Crippen MR) is 48.5 cm³/mol. The van der Waals surface area contributed by atoms with Gasteiger partial charge in [-0.2, -0.15) is 11.8 Å². The number of hydrogen-bond donors (Lipinski definition) is 1. The van der Waals surface area contributed by atoms with Crippen LogP contribution in [-0.2, 0) is 0 Å². The molecule has 0 aliphatic heterocycles. The van der Waals surface area contributed by atoms with Crippen molar-refractivity contribution in [2.45, 2.75) is 32.4 Å². The topological polar surface area (TPSA) is 20.2 Å². The Bertz CT molecular complexity index is 73.7. The standard InChI is InChI=1S/C8H18OS/c1-4-8(7(2)3)10-6-5-9/h7-9H,4-6H2,1-3H3. The van der Waals surface area contributed by atoms with Crippen molar-refractivity contribution in [3.05, 3.63) is 0 Å². The van der Waals surface area contributed by atoms with Gasteiger partial charge in [0, 0.05) is 11.0 Å². The second kappa shape index (κ2) is 6.05. The molecule has 0 saturated heterocycles. The lowest BCUT2D eigenvalue weighted by Crippen LogP contribution is -2.11. The first-order chi connectivity index (χ1) is 4.72. The molecule has 0 saturated carbocycles. The maximum absolute atomic E-state index is 8.57. The third-order valence-electron chi connectivity index (χ3n) is 1.57. The van der Waals surface area contributed by atoms with Gasteiger partial charge in [0.1, 0.15) is 0 Å². The summed E-state index contributed by atoms with van der Waals surface area (Å²) in [5, 5.41) is 9.30. The zero-order valence-electron chi connectivity index (χ0n) is 7.13. The number of rotatable bonds is 5. The Morgan fingerprint density at radius 3 is 2.30 bits per heavy atom. The van der Waals surface area contributed by atoms with Crippen molar-refractivity contribution in [2.24, 2.45) is 5.92 Å². The average molecular weight is 162 g/mol. The molecule has 1 atom stereocenters. The van der Waals surface area contributed by atoms with E-state index in [1.807, 2.05) is 11.8 Å². The monoisotopic (exact) mass is 162 g/mol. The van der Waals surface area contributed by atoms with Gasteiger partial charge in [0.2, 0.25) is 0 Å². The van der Waals surface area contributed by atoms with Crippen LogP contribution < -0.4 is 0 Å². The van der Waals surface area contributed by atoms with E-state index >= 15 is 0 Å². The van der Waals surface area contributed by atoms with Gasteiger partial charge in [0.15, 0.2) is 0 Å². The van der Waals surface area contributed by atoms with E-state index in [1.54, 1.807) is 0 Å². The van der Waals surface area contributed by atoms with E-state index in [1.165, 1.54) is 6.42 Å². The summed E-state index contributed by atoms with van der Waals surface area (Å²) in [5.74, 6) is 1.62. The smallest absolute Gasteiger partial charge is 0.0521 e. The van der Waals surface area contributed by atoms with Gasteiger partial charge in [-0.25, -0.2) is 0 Å². The molecule has 0 fully saturated rings. The van der Waals surface area contributed by atoms with Gasteiger partial charge in [-0.3, -0.25) is 0 Å². The Kier molecular flexibility index (Phi) is 6.24. The minimum Gasteiger partial charge on any atom is -0.396 e. The fourth-order valence-electron chi connectivity index (χ4n) is 0.986. The Labute approximate surface area is 68.2 Å². The van der Waals surface area contributed by atoms with Crippen LogP contribution >= 0.6 is 11.8 Å². The third-order valence-corrected chi connectivity index (χ3v) is 3.29. The Hall–Kier alpha value is 0.310. The van der Waals surface area contributed by atoms with Crippen molar-refractivity contribution >= 4 is 11.8 Å². The Balaban J connectivity index is 3.40. The zero-order valence-corrected chi connectivity index (χ0v) is 7.95. The van der Waals surface area contributed by atoms with E-state index in [4.69, 9.17) is 5.11 Å². The maximum atomic E-state index is 8.57. The summed E-state index contributed by atoms with van der Waals surface area (Å²) in [7, 11) is 0. The molecule has 1 nitrogen and oxygen atoms in total. The SMILES string of the molecule is CCC(SCCO)C(C)C. The van der Waals surface area contributed by atoms with E-state index in [-0.39, 0.29) is 0 Å². The van der Waals surface area contributed by atoms with Gasteiger partial charge < -0.3 is 5.11 Å². The highest BCUT2D eigenvalue weighted by molar-refractivity contribution is 7.99. The van der Waals surface area contributed by atoms with Gasteiger partial charge in [-0.05, 0) is 12.3 Å². The van der Waals surface area contributed by atoms with Gasteiger partial charge in [0.05, 0.1) is 6.61 Å². The minimum absolute atomic E-state index is 0.313. The second-order valence-electron chi connectivity index (χ2n) is 2.79. The van der Waals surface area contributed by atoms with Crippen LogP contribution in [0.25, 0.3) is 0 Å². The molecule has 0 heterocycles. The average Bonchev–Trinajstić information content (AvgIpc) is 1.89. The van der Waals surface area contributed by atoms with Crippen molar-refractivity contribution in [1.82, 2.24) is 0 Å². The van der Waals surface area contributed by atoms with Gasteiger partial charge in [-0.15, -0.1) is 0 Å². The van der Waals surface area contributed by atoms with E-state index < -0.39 is 0 Å². The lowest BCUT2D eigenvalue weighted by molar-refractivity contribution is 0.322. The number of aliphatic hydroxyl groups is 1. The normalized spacial score (nSPS) is 14.1. The van der Waals surface area contributed by atoms with Crippen molar-refractivity contribution in [1.29, 1.82) is 0 Å². The summed E-state index contributed by atoms with van der Waals surface area (Å²) < 4.78 is 0. The summed E-state index contributed by atoms with van der Waals surface area (Å²) in [6.45, 7) is 6.99. The quantitative estimate of drug-likeness (QED) is 0.668. The van der Waals surface area contributed by atoms with Gasteiger partial charge in [0.25, 0.3) is 0 Å². The first-order valence-corrected chi connectivity index (χ1v) is 4.99. The van der Waals surface area contributed by atoms with E-state index in [0.717, 1.165) is 16.9 Å². The van der Waals surface area contributed by atoms with Crippen LogP contribution in [0.5, 0.6) is 0 Å². The van der Waals surface area contributed by atoms with Crippen molar-refractivity contribution in [3.8, 4) is 0 Å². The lowest BCUT2D eigenvalue weighted by Gasteiger charge is -2.17. The number of thioether (sulfide) groups is 1. The summed E-state index contributed by atoms with van der Waals surface area (Å²) in [5.41, 5.74) is 0. The summed E-state index contributed by atoms with van der Waals surface area (Å²) >= 11 is 1.88. The molecule has 0 rings (SSSR count). The molecule has 1 unspecified atom stereocenters.